The van der Waals surface area contributed by atoms with Crippen LogP contribution in [0.1, 0.15) is 37.7 Å². The summed E-state index contributed by atoms with van der Waals surface area (Å²) in [6.45, 7) is 0. The Balaban J connectivity index is 1.96. The molecule has 0 aliphatic heterocycles. The van der Waals surface area contributed by atoms with Gasteiger partial charge in [-0.1, -0.05) is 30.9 Å². The molecule has 0 spiro atoms. The second kappa shape index (κ2) is 5.65. The van der Waals surface area contributed by atoms with Gasteiger partial charge in [0.2, 0.25) is 0 Å². The van der Waals surface area contributed by atoms with E-state index in [0.717, 1.165) is 18.4 Å². The molecule has 0 amide bonds. The van der Waals surface area contributed by atoms with Crippen LogP contribution in [0.4, 0.5) is 0 Å². The number of pyridine rings is 1. The monoisotopic (exact) mass is 239 g/mol. The van der Waals surface area contributed by atoms with Crippen LogP contribution in [-0.2, 0) is 6.42 Å². The van der Waals surface area contributed by atoms with Gasteiger partial charge in [0.1, 0.15) is 0 Å². The van der Waals surface area contributed by atoms with Gasteiger partial charge in [0.05, 0.1) is 11.1 Å². The minimum absolute atomic E-state index is 0.250. The van der Waals surface area contributed by atoms with E-state index in [2.05, 4.69) is 4.98 Å². The average molecular weight is 240 g/mol. The molecule has 1 fully saturated rings. The van der Waals surface area contributed by atoms with E-state index in [0.29, 0.717) is 17.4 Å². The number of aromatic nitrogens is 1. The smallest absolute Gasteiger partial charge is 0.0622 e. The van der Waals surface area contributed by atoms with Crippen LogP contribution in [-0.4, -0.2) is 16.2 Å². The quantitative estimate of drug-likeness (QED) is 0.879. The SMILES string of the molecule is OC(Cc1ccncc1Cl)C1CCCCC1. The zero-order chi connectivity index (χ0) is 11.4. The zero-order valence-electron chi connectivity index (χ0n) is 9.40. The highest BCUT2D eigenvalue weighted by molar-refractivity contribution is 6.31. The van der Waals surface area contributed by atoms with Gasteiger partial charge in [0.15, 0.2) is 0 Å². The van der Waals surface area contributed by atoms with E-state index in [4.69, 9.17) is 11.6 Å². The maximum atomic E-state index is 10.2. The summed E-state index contributed by atoms with van der Waals surface area (Å²) in [5, 5.41) is 10.8. The van der Waals surface area contributed by atoms with E-state index >= 15 is 0 Å². The molecule has 1 N–H and O–H groups in total. The number of aliphatic hydroxyl groups is 1. The van der Waals surface area contributed by atoms with Crippen LogP contribution < -0.4 is 0 Å². The van der Waals surface area contributed by atoms with Crippen molar-refractivity contribution in [2.75, 3.05) is 0 Å². The number of rotatable bonds is 3. The van der Waals surface area contributed by atoms with Crippen LogP contribution in [0, 0.1) is 5.92 Å². The van der Waals surface area contributed by atoms with Crippen LogP contribution >= 0.6 is 11.6 Å². The van der Waals surface area contributed by atoms with Gasteiger partial charge in [0, 0.05) is 18.8 Å². The van der Waals surface area contributed by atoms with Crippen LogP contribution in [0.25, 0.3) is 0 Å². The van der Waals surface area contributed by atoms with Crippen molar-refractivity contribution in [1.82, 2.24) is 4.98 Å². The van der Waals surface area contributed by atoms with Crippen molar-refractivity contribution >= 4 is 11.6 Å². The molecule has 1 heterocycles. The molecular weight excluding hydrogens is 222 g/mol. The molecule has 0 saturated heterocycles. The largest absolute Gasteiger partial charge is 0.392 e. The standard InChI is InChI=1S/C13H18ClNO/c14-12-9-15-7-6-11(12)8-13(16)10-4-2-1-3-5-10/h6-7,9-10,13,16H,1-5,8H2. The maximum absolute atomic E-state index is 10.2. The maximum Gasteiger partial charge on any atom is 0.0622 e. The number of halogens is 1. The van der Waals surface area contributed by atoms with Crippen molar-refractivity contribution in [2.24, 2.45) is 5.92 Å². The highest BCUT2D eigenvalue weighted by Crippen LogP contribution is 2.28. The van der Waals surface area contributed by atoms with Crippen LogP contribution in [0.3, 0.4) is 0 Å². The van der Waals surface area contributed by atoms with Crippen molar-refractivity contribution in [2.45, 2.75) is 44.6 Å². The Morgan fingerprint density at radius 1 is 1.38 bits per heavy atom. The lowest BCUT2D eigenvalue weighted by Crippen LogP contribution is -2.25. The first kappa shape index (κ1) is 11.9. The van der Waals surface area contributed by atoms with Gasteiger partial charge in [0.25, 0.3) is 0 Å². The summed E-state index contributed by atoms with van der Waals surface area (Å²) in [4.78, 5) is 3.95. The van der Waals surface area contributed by atoms with Gasteiger partial charge in [-0.15, -0.1) is 0 Å². The predicted molar refractivity (Wildman–Crippen MR) is 65.5 cm³/mol. The Morgan fingerprint density at radius 3 is 2.81 bits per heavy atom. The van der Waals surface area contributed by atoms with Crippen molar-refractivity contribution in [1.29, 1.82) is 0 Å². The second-order valence-electron chi connectivity index (χ2n) is 4.64. The van der Waals surface area contributed by atoms with E-state index in [1.807, 2.05) is 6.07 Å². The molecule has 3 heteroatoms. The lowest BCUT2D eigenvalue weighted by molar-refractivity contribution is 0.0851. The minimum atomic E-state index is -0.250. The molecule has 1 aromatic heterocycles. The third-order valence-electron chi connectivity index (χ3n) is 3.48. The van der Waals surface area contributed by atoms with E-state index in [-0.39, 0.29) is 6.10 Å². The Morgan fingerprint density at radius 2 is 2.12 bits per heavy atom. The Labute approximate surface area is 102 Å². The lowest BCUT2D eigenvalue weighted by atomic mass is 9.83. The topological polar surface area (TPSA) is 33.1 Å². The molecule has 1 aromatic rings. The van der Waals surface area contributed by atoms with Crippen molar-refractivity contribution < 1.29 is 5.11 Å². The van der Waals surface area contributed by atoms with Crippen LogP contribution in [0.15, 0.2) is 18.5 Å². The molecule has 1 aliphatic rings. The molecule has 88 valence electrons. The molecule has 0 aromatic carbocycles. The van der Waals surface area contributed by atoms with Gasteiger partial charge >= 0.3 is 0 Å². The fourth-order valence-electron chi connectivity index (χ4n) is 2.48. The lowest BCUT2D eigenvalue weighted by Gasteiger charge is -2.26. The third-order valence-corrected chi connectivity index (χ3v) is 3.82. The normalized spacial score (nSPS) is 19.6. The fourth-order valence-corrected chi connectivity index (χ4v) is 2.68. The van der Waals surface area contributed by atoms with E-state index in [1.165, 1.54) is 19.3 Å². The van der Waals surface area contributed by atoms with E-state index < -0.39 is 0 Å². The Bertz CT molecular complexity index is 336. The molecular formula is C13H18ClNO. The van der Waals surface area contributed by atoms with Gasteiger partial charge in [-0.2, -0.15) is 0 Å². The summed E-state index contributed by atoms with van der Waals surface area (Å²) in [5.41, 5.74) is 1.01. The predicted octanol–water partition coefficient (Wildman–Crippen LogP) is 3.22. The number of hydrogen-bond acceptors (Lipinski definition) is 2. The first-order chi connectivity index (χ1) is 7.77. The molecule has 0 radical (unpaired) electrons. The summed E-state index contributed by atoms with van der Waals surface area (Å²) in [5.74, 6) is 0.456. The van der Waals surface area contributed by atoms with Gasteiger partial charge in [-0.3, -0.25) is 4.98 Å². The zero-order valence-corrected chi connectivity index (χ0v) is 10.2. The highest BCUT2D eigenvalue weighted by Gasteiger charge is 2.22. The Kier molecular flexibility index (Phi) is 4.19. The summed E-state index contributed by atoms with van der Waals surface area (Å²) >= 11 is 6.03. The number of aliphatic hydroxyl groups excluding tert-OH is 1. The summed E-state index contributed by atoms with van der Waals surface area (Å²) in [6.07, 6.45) is 9.93. The number of nitrogens with zero attached hydrogens (tertiary/aromatic N) is 1. The van der Waals surface area contributed by atoms with Crippen molar-refractivity contribution in [3.63, 3.8) is 0 Å². The molecule has 1 unspecified atom stereocenters. The molecule has 2 nitrogen and oxygen atoms in total. The van der Waals surface area contributed by atoms with Gasteiger partial charge in [-0.05, 0) is 30.4 Å². The second-order valence-corrected chi connectivity index (χ2v) is 5.04. The molecule has 1 saturated carbocycles. The molecule has 2 rings (SSSR count). The van der Waals surface area contributed by atoms with Crippen molar-refractivity contribution in [3.8, 4) is 0 Å². The molecule has 1 atom stereocenters. The minimum Gasteiger partial charge on any atom is -0.392 e. The average Bonchev–Trinajstić information content (AvgIpc) is 2.33. The first-order valence-corrected chi connectivity index (χ1v) is 6.41. The van der Waals surface area contributed by atoms with E-state index in [9.17, 15) is 5.11 Å². The van der Waals surface area contributed by atoms with Crippen LogP contribution in [0.2, 0.25) is 5.02 Å². The van der Waals surface area contributed by atoms with Crippen LogP contribution in [0.5, 0.6) is 0 Å². The molecule has 1 aliphatic carbocycles. The summed E-state index contributed by atoms with van der Waals surface area (Å²) in [6, 6.07) is 1.90. The Hall–Kier alpha value is -0.600. The van der Waals surface area contributed by atoms with Gasteiger partial charge < -0.3 is 5.11 Å². The van der Waals surface area contributed by atoms with E-state index in [1.54, 1.807) is 12.4 Å². The summed E-state index contributed by atoms with van der Waals surface area (Å²) < 4.78 is 0. The number of hydrogen-bond donors (Lipinski definition) is 1. The molecule has 16 heavy (non-hydrogen) atoms. The first-order valence-electron chi connectivity index (χ1n) is 6.04. The highest BCUT2D eigenvalue weighted by atomic mass is 35.5. The van der Waals surface area contributed by atoms with Crippen molar-refractivity contribution in [3.05, 3.63) is 29.0 Å². The molecule has 0 bridgehead atoms. The summed E-state index contributed by atoms with van der Waals surface area (Å²) in [7, 11) is 0. The third kappa shape index (κ3) is 2.96. The van der Waals surface area contributed by atoms with Gasteiger partial charge in [-0.25, -0.2) is 0 Å². The fraction of sp³-hybridized carbons (Fsp3) is 0.615.